The Balaban J connectivity index is 1.81. The fourth-order valence-electron chi connectivity index (χ4n) is 3.52. The summed E-state index contributed by atoms with van der Waals surface area (Å²) >= 11 is 0. The molecule has 1 aliphatic rings. The van der Waals surface area contributed by atoms with Crippen molar-refractivity contribution < 1.29 is 9.59 Å². The Morgan fingerprint density at radius 3 is 2.50 bits per heavy atom. The third kappa shape index (κ3) is 3.29. The third-order valence-corrected chi connectivity index (χ3v) is 4.86. The number of carbonyl (C=O) groups is 2. The van der Waals surface area contributed by atoms with Crippen LogP contribution >= 0.6 is 0 Å². The van der Waals surface area contributed by atoms with Crippen molar-refractivity contribution in [3.63, 3.8) is 0 Å². The van der Waals surface area contributed by atoms with Crippen LogP contribution in [-0.4, -0.2) is 33.1 Å². The number of ketones is 1. The highest BCUT2D eigenvalue weighted by Crippen LogP contribution is 2.37. The first-order valence-electron chi connectivity index (χ1n) is 9.34. The van der Waals surface area contributed by atoms with E-state index in [1.54, 1.807) is 17.3 Å². The summed E-state index contributed by atoms with van der Waals surface area (Å²) in [4.78, 5) is 34.5. The number of aromatic amines is 1. The molecule has 3 heterocycles. The Morgan fingerprint density at radius 1 is 1.11 bits per heavy atom. The van der Waals surface area contributed by atoms with Crippen LogP contribution in [0, 0.1) is 5.92 Å². The number of hydrogen-bond acceptors (Lipinski definition) is 4. The van der Waals surface area contributed by atoms with Crippen LogP contribution in [0.1, 0.15) is 29.9 Å². The Hall–Kier alpha value is -3.41. The van der Waals surface area contributed by atoms with E-state index in [2.05, 4.69) is 15.3 Å². The minimum Gasteiger partial charge on any atom is -0.355 e. The van der Waals surface area contributed by atoms with Crippen molar-refractivity contribution in [3.8, 4) is 11.3 Å². The van der Waals surface area contributed by atoms with Gasteiger partial charge < -0.3 is 15.2 Å². The number of aromatic nitrogens is 2. The van der Waals surface area contributed by atoms with Crippen LogP contribution < -0.4 is 5.32 Å². The fraction of sp³-hybridized carbons (Fsp3) is 0.227. The highest BCUT2D eigenvalue weighted by molar-refractivity contribution is 6.09. The molecule has 2 N–H and O–H groups in total. The maximum Gasteiger partial charge on any atom is 0.225 e. The minimum absolute atomic E-state index is 0.0170. The van der Waals surface area contributed by atoms with Gasteiger partial charge in [0.2, 0.25) is 5.91 Å². The van der Waals surface area contributed by atoms with Gasteiger partial charge in [-0.25, -0.2) is 0 Å². The van der Waals surface area contributed by atoms with Crippen LogP contribution in [-0.2, 0) is 11.3 Å². The molecule has 3 aromatic rings. The van der Waals surface area contributed by atoms with Crippen LogP contribution in [0.15, 0.2) is 54.9 Å². The molecule has 0 spiro atoms. The van der Waals surface area contributed by atoms with Gasteiger partial charge >= 0.3 is 0 Å². The zero-order valence-electron chi connectivity index (χ0n) is 15.9. The van der Waals surface area contributed by atoms with Gasteiger partial charge in [-0.3, -0.25) is 14.6 Å². The number of benzene rings is 1. The van der Waals surface area contributed by atoms with Gasteiger partial charge in [-0.1, -0.05) is 32.0 Å². The molecule has 6 heteroatoms. The minimum atomic E-state index is -0.147. The molecule has 28 heavy (non-hydrogen) atoms. The number of amides is 1. The van der Waals surface area contributed by atoms with E-state index in [4.69, 9.17) is 0 Å². The van der Waals surface area contributed by atoms with Gasteiger partial charge in [0.25, 0.3) is 0 Å². The second-order valence-corrected chi connectivity index (χ2v) is 7.23. The lowest BCUT2D eigenvalue weighted by molar-refractivity contribution is -0.134. The normalized spacial score (nSPS) is 13.5. The number of Topliss-reactive ketones (excluding diaryl/α,β-unsaturated/α-hetero) is 1. The van der Waals surface area contributed by atoms with Crippen molar-refractivity contribution in [2.24, 2.45) is 5.92 Å². The predicted octanol–water partition coefficient (Wildman–Crippen LogP) is 4.00. The van der Waals surface area contributed by atoms with Gasteiger partial charge in [-0.2, -0.15) is 0 Å². The van der Waals surface area contributed by atoms with Gasteiger partial charge in [0, 0.05) is 35.3 Å². The number of para-hydroxylation sites is 1. The topological polar surface area (TPSA) is 78.1 Å². The number of carbonyl (C=O) groups excluding carboxylic acids is 2. The van der Waals surface area contributed by atoms with Gasteiger partial charge in [0.1, 0.15) is 0 Å². The van der Waals surface area contributed by atoms with Crippen molar-refractivity contribution in [1.29, 1.82) is 0 Å². The molecule has 0 saturated carbocycles. The monoisotopic (exact) mass is 374 g/mol. The largest absolute Gasteiger partial charge is 0.355 e. The first kappa shape index (κ1) is 18.0. The molecule has 2 aromatic heterocycles. The number of hydrogen-bond donors (Lipinski definition) is 2. The standard InChI is InChI=1S/C22H22N4O2/c1-14(2)22(28)26-12-17-19(18(27)13-26)21(24-16-6-4-3-5-7-16)20(25-17)15-8-10-23-11-9-15/h3-11,14,24-25H,12-13H2,1-2H3. The smallest absolute Gasteiger partial charge is 0.225 e. The Bertz CT molecular complexity index is 1010. The number of fused-ring (bicyclic) bond motifs is 1. The van der Waals surface area contributed by atoms with Crippen molar-refractivity contribution >= 4 is 23.1 Å². The lowest BCUT2D eigenvalue weighted by atomic mass is 10.0. The zero-order chi connectivity index (χ0) is 19.7. The SMILES string of the molecule is CC(C)C(=O)N1CC(=O)c2c([nH]c(-c3ccncc3)c2Nc2ccccc2)C1. The number of nitrogens with zero attached hydrogens (tertiary/aromatic N) is 2. The maximum absolute atomic E-state index is 13.0. The van der Waals surface area contributed by atoms with E-state index < -0.39 is 0 Å². The van der Waals surface area contributed by atoms with E-state index in [1.807, 2.05) is 56.3 Å². The summed E-state index contributed by atoms with van der Waals surface area (Å²) in [6.45, 7) is 4.19. The van der Waals surface area contributed by atoms with E-state index >= 15 is 0 Å². The quantitative estimate of drug-likeness (QED) is 0.723. The molecule has 0 saturated heterocycles. The molecule has 1 aromatic carbocycles. The number of pyridine rings is 1. The summed E-state index contributed by atoms with van der Waals surface area (Å²) in [5.74, 6) is -0.229. The molecule has 0 radical (unpaired) electrons. The van der Waals surface area contributed by atoms with E-state index in [0.717, 1.165) is 28.3 Å². The van der Waals surface area contributed by atoms with Gasteiger partial charge in [-0.15, -0.1) is 0 Å². The van der Waals surface area contributed by atoms with Gasteiger partial charge in [-0.05, 0) is 24.3 Å². The zero-order valence-corrected chi connectivity index (χ0v) is 15.9. The highest BCUT2D eigenvalue weighted by Gasteiger charge is 2.33. The Labute approximate surface area is 163 Å². The molecule has 6 nitrogen and oxygen atoms in total. The molecule has 0 atom stereocenters. The number of anilines is 2. The summed E-state index contributed by atoms with van der Waals surface area (Å²) in [7, 11) is 0. The molecule has 0 aliphatic carbocycles. The molecule has 1 aliphatic heterocycles. The van der Waals surface area contributed by atoms with Crippen LogP contribution in [0.5, 0.6) is 0 Å². The lowest BCUT2D eigenvalue weighted by Gasteiger charge is -2.28. The second-order valence-electron chi connectivity index (χ2n) is 7.23. The molecule has 0 fully saturated rings. The van der Waals surface area contributed by atoms with Crippen molar-refractivity contribution in [1.82, 2.24) is 14.9 Å². The van der Waals surface area contributed by atoms with Crippen molar-refractivity contribution in [3.05, 3.63) is 66.1 Å². The molecule has 1 amide bonds. The predicted molar refractivity (Wildman–Crippen MR) is 108 cm³/mol. The molecule has 0 bridgehead atoms. The molecular weight excluding hydrogens is 352 g/mol. The average molecular weight is 374 g/mol. The van der Waals surface area contributed by atoms with Crippen LogP contribution in [0.4, 0.5) is 11.4 Å². The first-order chi connectivity index (χ1) is 13.5. The third-order valence-electron chi connectivity index (χ3n) is 4.86. The van der Waals surface area contributed by atoms with Crippen molar-refractivity contribution in [2.75, 3.05) is 11.9 Å². The fourth-order valence-corrected chi connectivity index (χ4v) is 3.52. The molecule has 4 rings (SSSR count). The molecule has 142 valence electrons. The average Bonchev–Trinajstić information content (AvgIpc) is 3.07. The molecule has 0 unspecified atom stereocenters. The van der Waals surface area contributed by atoms with Crippen LogP contribution in [0.25, 0.3) is 11.3 Å². The van der Waals surface area contributed by atoms with Gasteiger partial charge in [0.05, 0.1) is 30.0 Å². The first-order valence-corrected chi connectivity index (χ1v) is 9.34. The maximum atomic E-state index is 13.0. The summed E-state index contributed by atoms with van der Waals surface area (Å²) in [6, 6.07) is 13.5. The number of nitrogens with one attached hydrogen (secondary N) is 2. The molecular formula is C22H22N4O2. The van der Waals surface area contributed by atoms with Crippen LogP contribution in [0.3, 0.4) is 0 Å². The number of rotatable bonds is 4. The van der Waals surface area contributed by atoms with Gasteiger partial charge in [0.15, 0.2) is 5.78 Å². The van der Waals surface area contributed by atoms with E-state index in [1.165, 1.54) is 0 Å². The Morgan fingerprint density at radius 2 is 1.82 bits per heavy atom. The second kappa shape index (κ2) is 7.31. The van der Waals surface area contributed by atoms with E-state index in [9.17, 15) is 9.59 Å². The summed E-state index contributed by atoms with van der Waals surface area (Å²) in [5, 5.41) is 3.40. The lowest BCUT2D eigenvalue weighted by Crippen LogP contribution is -2.41. The van der Waals surface area contributed by atoms with E-state index in [0.29, 0.717) is 12.1 Å². The summed E-state index contributed by atoms with van der Waals surface area (Å²) < 4.78 is 0. The highest BCUT2D eigenvalue weighted by atomic mass is 16.2. The summed E-state index contributed by atoms with van der Waals surface area (Å²) in [5.41, 5.74) is 4.78. The number of H-pyrrole nitrogens is 1. The Kier molecular flexibility index (Phi) is 4.69. The van der Waals surface area contributed by atoms with Crippen molar-refractivity contribution in [2.45, 2.75) is 20.4 Å². The summed E-state index contributed by atoms with van der Waals surface area (Å²) in [6.07, 6.45) is 3.44. The van der Waals surface area contributed by atoms with Crippen LogP contribution in [0.2, 0.25) is 0 Å². The van der Waals surface area contributed by atoms with E-state index in [-0.39, 0.29) is 24.2 Å².